The minimum absolute atomic E-state index is 0.0432. The smallest absolute Gasteiger partial charge is 0.446 e. The molecule has 2 atom stereocenters. The lowest BCUT2D eigenvalue weighted by Crippen LogP contribution is -2.39. The largest absolute Gasteiger partial charge is 0.450 e. The van der Waals surface area contributed by atoms with Gasteiger partial charge in [0.25, 0.3) is 0 Å². The van der Waals surface area contributed by atoms with Crippen molar-refractivity contribution in [1.29, 1.82) is 0 Å². The van der Waals surface area contributed by atoms with E-state index >= 15 is 0 Å². The Morgan fingerprint density at radius 3 is 2.09 bits per heavy atom. The molecule has 0 aromatic heterocycles. The zero-order valence-electron chi connectivity index (χ0n) is 20.8. The van der Waals surface area contributed by atoms with Crippen LogP contribution in [0.25, 0.3) is 0 Å². The molecule has 33 heavy (non-hydrogen) atoms. The Kier molecular flexibility index (Phi) is 12.9. The molecule has 2 amide bonds. The van der Waals surface area contributed by atoms with Crippen LogP contribution in [0.5, 0.6) is 0 Å². The van der Waals surface area contributed by atoms with E-state index in [-0.39, 0.29) is 29.0 Å². The third kappa shape index (κ3) is 13.2. The summed E-state index contributed by atoms with van der Waals surface area (Å²) in [4.78, 5) is 52.7. The van der Waals surface area contributed by atoms with E-state index in [2.05, 4.69) is 18.5 Å². The normalized spacial score (nSPS) is 12.6. The number of hydrogen-bond acceptors (Lipinski definition) is 8. The summed E-state index contributed by atoms with van der Waals surface area (Å²) in [6.45, 7) is 19.7. The Morgan fingerprint density at radius 2 is 1.58 bits per heavy atom. The number of nitrogens with zero attached hydrogens (tertiary/aromatic N) is 1. The highest BCUT2D eigenvalue weighted by Crippen LogP contribution is 2.26. The van der Waals surface area contributed by atoms with E-state index in [1.807, 2.05) is 20.8 Å². The highest BCUT2D eigenvalue weighted by atomic mass is 16.8. The molecule has 0 saturated carbocycles. The van der Waals surface area contributed by atoms with Crippen molar-refractivity contribution >= 4 is 24.1 Å². The molecule has 0 radical (unpaired) electrons. The molecular formula is C23H38N2O8. The van der Waals surface area contributed by atoms with Crippen LogP contribution < -0.4 is 5.32 Å². The minimum atomic E-state index is -1.21. The number of hydroxylamine groups is 2. The van der Waals surface area contributed by atoms with Crippen molar-refractivity contribution in [3.8, 4) is 0 Å². The van der Waals surface area contributed by atoms with Gasteiger partial charge >= 0.3 is 24.1 Å². The summed E-state index contributed by atoms with van der Waals surface area (Å²) in [6, 6.07) is 0. The van der Waals surface area contributed by atoms with E-state index in [1.54, 1.807) is 6.92 Å². The number of hydrogen-bond donors (Lipinski definition) is 1. The molecular weight excluding hydrogens is 432 g/mol. The molecule has 0 rings (SSSR count). The maximum atomic E-state index is 12.5. The van der Waals surface area contributed by atoms with Crippen molar-refractivity contribution in [1.82, 2.24) is 10.4 Å². The third-order valence-electron chi connectivity index (χ3n) is 4.35. The molecule has 0 aliphatic carbocycles. The summed E-state index contributed by atoms with van der Waals surface area (Å²) in [5, 5.41) is 3.50. The van der Waals surface area contributed by atoms with E-state index in [9.17, 15) is 19.2 Å². The Morgan fingerprint density at radius 1 is 1.00 bits per heavy atom. The highest BCUT2D eigenvalue weighted by Gasteiger charge is 2.27. The fourth-order valence-electron chi connectivity index (χ4n) is 2.78. The van der Waals surface area contributed by atoms with Crippen LogP contribution in [0.3, 0.4) is 0 Å². The fraction of sp³-hybridized carbons (Fsp3) is 0.652. The average molecular weight is 471 g/mol. The predicted molar refractivity (Wildman–Crippen MR) is 122 cm³/mol. The van der Waals surface area contributed by atoms with Crippen LogP contribution in [-0.2, 0) is 28.6 Å². The summed E-state index contributed by atoms with van der Waals surface area (Å²) in [7, 11) is 0. The van der Waals surface area contributed by atoms with Gasteiger partial charge in [0.15, 0.2) is 0 Å². The van der Waals surface area contributed by atoms with Gasteiger partial charge < -0.3 is 24.4 Å². The van der Waals surface area contributed by atoms with E-state index in [4.69, 9.17) is 19.0 Å². The quantitative estimate of drug-likeness (QED) is 0.196. The lowest BCUT2D eigenvalue weighted by Gasteiger charge is -2.29. The Labute approximate surface area is 196 Å². The molecule has 0 spiro atoms. The number of carbonyl (C=O) groups is 4. The Hall–Kier alpha value is -3.04. The van der Waals surface area contributed by atoms with Gasteiger partial charge in [-0.2, -0.15) is 0 Å². The van der Waals surface area contributed by atoms with Gasteiger partial charge in [-0.15, -0.1) is 5.06 Å². The first-order valence-corrected chi connectivity index (χ1v) is 10.8. The van der Waals surface area contributed by atoms with Crippen LogP contribution >= 0.6 is 0 Å². The van der Waals surface area contributed by atoms with Crippen LogP contribution in [0, 0.1) is 11.3 Å². The van der Waals surface area contributed by atoms with Gasteiger partial charge in [-0.1, -0.05) is 33.9 Å². The first kappa shape index (κ1) is 30.0. The van der Waals surface area contributed by atoms with Gasteiger partial charge in [-0.05, 0) is 44.9 Å². The van der Waals surface area contributed by atoms with Gasteiger partial charge in [0.1, 0.15) is 0 Å². The van der Waals surface area contributed by atoms with E-state index in [0.717, 1.165) is 5.06 Å². The van der Waals surface area contributed by atoms with E-state index in [0.29, 0.717) is 26.0 Å². The van der Waals surface area contributed by atoms with Crippen LogP contribution in [-0.4, -0.2) is 55.2 Å². The molecule has 0 aliphatic heterocycles. The van der Waals surface area contributed by atoms with Crippen LogP contribution in [0.4, 0.5) is 9.59 Å². The zero-order valence-corrected chi connectivity index (χ0v) is 20.8. The number of carbonyl (C=O) groups excluding carboxylic acids is 4. The topological polar surface area (TPSA) is 120 Å². The van der Waals surface area contributed by atoms with Gasteiger partial charge in [0, 0.05) is 24.6 Å². The standard InChI is InChI=1S/C23H38N2O8/c1-10-30-21(28)24-14-23(8,9)13-17(6)11-12-25(33-20(27)16(4)5)22(29)32-18(7)31-19(26)15(2)3/h17-18H,2,4,10-14H2,1,3,5-9H3,(H,24,28). The van der Waals surface area contributed by atoms with Crippen molar-refractivity contribution in [2.75, 3.05) is 19.7 Å². The zero-order chi connectivity index (χ0) is 25.8. The molecule has 1 N–H and O–H groups in total. The Bertz CT molecular complexity index is 732. The maximum absolute atomic E-state index is 12.5. The van der Waals surface area contributed by atoms with Crippen molar-refractivity contribution in [2.24, 2.45) is 11.3 Å². The summed E-state index contributed by atoms with van der Waals surface area (Å²) in [6.07, 6.45) is -1.48. The van der Waals surface area contributed by atoms with Gasteiger partial charge in [-0.3, -0.25) is 0 Å². The number of amides is 2. The minimum Gasteiger partial charge on any atom is -0.450 e. The SMILES string of the molecule is C=C(C)C(=O)OC(C)OC(=O)N(CCC(C)CC(C)(C)CNC(=O)OCC)OC(=O)C(=C)C. The maximum Gasteiger partial charge on any atom is 0.446 e. The molecule has 10 nitrogen and oxygen atoms in total. The number of nitrogens with one attached hydrogen (secondary N) is 1. The summed E-state index contributed by atoms with van der Waals surface area (Å²) >= 11 is 0. The first-order chi connectivity index (χ1) is 15.2. The third-order valence-corrected chi connectivity index (χ3v) is 4.35. The first-order valence-electron chi connectivity index (χ1n) is 10.8. The molecule has 0 aliphatic rings. The second-order valence-electron chi connectivity index (χ2n) is 8.73. The fourth-order valence-corrected chi connectivity index (χ4v) is 2.78. The molecule has 0 fully saturated rings. The molecule has 0 heterocycles. The van der Waals surface area contributed by atoms with Crippen molar-refractivity contribution in [3.05, 3.63) is 24.3 Å². The van der Waals surface area contributed by atoms with Crippen LogP contribution in [0.1, 0.15) is 61.3 Å². The summed E-state index contributed by atoms with van der Waals surface area (Å²) in [5.74, 6) is -1.40. The highest BCUT2D eigenvalue weighted by molar-refractivity contribution is 5.88. The molecule has 0 saturated heterocycles. The number of esters is 1. The van der Waals surface area contributed by atoms with Gasteiger partial charge in [0.2, 0.25) is 6.29 Å². The number of ether oxygens (including phenoxy) is 3. The molecule has 2 unspecified atom stereocenters. The molecule has 0 aromatic carbocycles. The van der Waals surface area contributed by atoms with E-state index < -0.39 is 30.4 Å². The second-order valence-corrected chi connectivity index (χ2v) is 8.73. The molecule has 10 heteroatoms. The van der Waals surface area contributed by atoms with Crippen molar-refractivity contribution in [2.45, 2.75) is 67.6 Å². The lowest BCUT2D eigenvalue weighted by atomic mass is 9.82. The molecule has 188 valence electrons. The lowest BCUT2D eigenvalue weighted by molar-refractivity contribution is -0.189. The number of alkyl carbamates (subject to hydrolysis) is 1. The van der Waals surface area contributed by atoms with Crippen molar-refractivity contribution in [3.63, 3.8) is 0 Å². The van der Waals surface area contributed by atoms with Gasteiger partial charge in [0.05, 0.1) is 13.2 Å². The predicted octanol–water partition coefficient (Wildman–Crippen LogP) is 4.11. The van der Waals surface area contributed by atoms with Crippen molar-refractivity contribution < 1.29 is 38.2 Å². The molecule has 0 aromatic rings. The van der Waals surface area contributed by atoms with Crippen LogP contribution in [0.2, 0.25) is 0 Å². The van der Waals surface area contributed by atoms with Gasteiger partial charge in [-0.25, -0.2) is 19.2 Å². The number of rotatable bonds is 12. The Balaban J connectivity index is 4.98. The summed E-state index contributed by atoms with van der Waals surface area (Å²) in [5.41, 5.74) is 0.0167. The second kappa shape index (κ2) is 14.2. The molecule has 0 bridgehead atoms. The van der Waals surface area contributed by atoms with E-state index in [1.165, 1.54) is 20.8 Å². The monoisotopic (exact) mass is 470 g/mol. The van der Waals surface area contributed by atoms with Crippen LogP contribution in [0.15, 0.2) is 24.3 Å². The summed E-state index contributed by atoms with van der Waals surface area (Å²) < 4.78 is 14.9. The average Bonchev–Trinajstić information content (AvgIpc) is 2.68.